The van der Waals surface area contributed by atoms with Gasteiger partial charge in [0, 0.05) is 0 Å². The molecule has 33 heavy (non-hydrogen) atoms. The molecule has 0 heterocycles. The van der Waals surface area contributed by atoms with E-state index < -0.39 is 29.1 Å². The molecule has 0 saturated carbocycles. The zero-order valence-electron chi connectivity index (χ0n) is 17.2. The summed E-state index contributed by atoms with van der Waals surface area (Å²) >= 11 is 0. The minimum atomic E-state index is -1.60. The molecule has 0 spiro atoms. The summed E-state index contributed by atoms with van der Waals surface area (Å²) in [6, 6.07) is 17.9. The molecular formula is C27H15F5O. The summed E-state index contributed by atoms with van der Waals surface area (Å²) < 4.78 is 75.9. The van der Waals surface area contributed by atoms with Crippen LogP contribution in [0.25, 0.3) is 43.8 Å². The molecule has 0 aliphatic carbocycles. The highest BCUT2D eigenvalue weighted by atomic mass is 19.2. The number of rotatable bonds is 3. The van der Waals surface area contributed by atoms with E-state index in [1.165, 1.54) is 7.11 Å². The van der Waals surface area contributed by atoms with Gasteiger partial charge in [-0.1, -0.05) is 36.4 Å². The number of hydrogen-bond donors (Lipinski definition) is 0. The van der Waals surface area contributed by atoms with Crippen LogP contribution in [0.5, 0.6) is 5.75 Å². The Morgan fingerprint density at radius 1 is 0.515 bits per heavy atom. The van der Waals surface area contributed by atoms with Gasteiger partial charge in [0.25, 0.3) is 0 Å². The van der Waals surface area contributed by atoms with Crippen LogP contribution >= 0.6 is 0 Å². The van der Waals surface area contributed by atoms with E-state index in [-0.39, 0.29) is 16.5 Å². The Hall–Kier alpha value is -3.93. The minimum absolute atomic E-state index is 0.0138. The van der Waals surface area contributed by atoms with Gasteiger partial charge < -0.3 is 4.74 Å². The Labute approximate surface area is 185 Å². The van der Waals surface area contributed by atoms with E-state index in [1.807, 2.05) is 0 Å². The Morgan fingerprint density at radius 3 is 1.48 bits per heavy atom. The zero-order chi connectivity index (χ0) is 23.3. The fraction of sp³-hybridized carbons (Fsp3) is 0.0370. The van der Waals surface area contributed by atoms with Crippen molar-refractivity contribution in [2.75, 3.05) is 7.11 Å². The summed E-state index contributed by atoms with van der Waals surface area (Å²) in [6.07, 6.45) is 0. The first-order valence-electron chi connectivity index (χ1n) is 10.0. The van der Waals surface area contributed by atoms with Gasteiger partial charge in [-0.15, -0.1) is 0 Å². The van der Waals surface area contributed by atoms with Crippen molar-refractivity contribution in [3.8, 4) is 28.0 Å². The second-order valence-electron chi connectivity index (χ2n) is 7.59. The molecule has 0 fully saturated rings. The highest BCUT2D eigenvalue weighted by molar-refractivity contribution is 6.21. The lowest BCUT2D eigenvalue weighted by atomic mass is 9.86. The van der Waals surface area contributed by atoms with Gasteiger partial charge in [-0.3, -0.25) is 0 Å². The van der Waals surface area contributed by atoms with Gasteiger partial charge in [-0.25, -0.2) is 22.0 Å². The molecule has 0 saturated heterocycles. The molecule has 0 aliphatic rings. The van der Waals surface area contributed by atoms with Crippen LogP contribution in [0.4, 0.5) is 22.0 Å². The van der Waals surface area contributed by atoms with Crippen LogP contribution in [0.15, 0.2) is 72.8 Å². The lowest BCUT2D eigenvalue weighted by Gasteiger charge is -2.18. The van der Waals surface area contributed by atoms with Crippen LogP contribution in [0.2, 0.25) is 0 Å². The Bertz CT molecular complexity index is 1520. The fourth-order valence-electron chi connectivity index (χ4n) is 4.25. The molecule has 0 bridgehead atoms. The topological polar surface area (TPSA) is 9.23 Å². The standard InChI is InChI=1S/C27H15F5O/c1-33-16-8-6-14(7-9-16)25-17-4-2-3-5-18(17)26(15-10-23(30)27(32)24(31)11-15)20-13-22(29)21(28)12-19(20)25/h2-13H,1H3. The summed E-state index contributed by atoms with van der Waals surface area (Å²) in [5, 5.41) is 1.79. The van der Waals surface area contributed by atoms with Gasteiger partial charge in [0.1, 0.15) is 5.75 Å². The number of halogens is 5. The van der Waals surface area contributed by atoms with Crippen LogP contribution in [0.1, 0.15) is 0 Å². The molecule has 5 aromatic carbocycles. The van der Waals surface area contributed by atoms with Crippen LogP contribution in [0.3, 0.4) is 0 Å². The third-order valence-electron chi connectivity index (χ3n) is 5.72. The average Bonchev–Trinajstić information content (AvgIpc) is 2.82. The average molecular weight is 450 g/mol. The Morgan fingerprint density at radius 2 is 1.00 bits per heavy atom. The largest absolute Gasteiger partial charge is 0.497 e. The molecule has 5 aromatic rings. The maximum absolute atomic E-state index is 14.4. The van der Waals surface area contributed by atoms with Crippen molar-refractivity contribution in [3.63, 3.8) is 0 Å². The highest BCUT2D eigenvalue weighted by Crippen LogP contribution is 2.44. The highest BCUT2D eigenvalue weighted by Gasteiger charge is 2.21. The lowest BCUT2D eigenvalue weighted by molar-refractivity contribution is 0.415. The van der Waals surface area contributed by atoms with Crippen LogP contribution in [0, 0.1) is 29.1 Å². The van der Waals surface area contributed by atoms with Gasteiger partial charge in [0.05, 0.1) is 7.11 Å². The normalized spacial score (nSPS) is 11.3. The predicted octanol–water partition coefficient (Wildman–Crippen LogP) is 8.03. The van der Waals surface area contributed by atoms with Crippen molar-refractivity contribution in [2.45, 2.75) is 0 Å². The molecule has 0 N–H and O–H groups in total. The number of fused-ring (bicyclic) bond motifs is 2. The zero-order valence-corrected chi connectivity index (χ0v) is 17.2. The van der Waals surface area contributed by atoms with E-state index in [0.29, 0.717) is 33.0 Å². The number of benzene rings is 5. The van der Waals surface area contributed by atoms with Crippen molar-refractivity contribution in [2.24, 2.45) is 0 Å². The maximum atomic E-state index is 14.4. The third-order valence-corrected chi connectivity index (χ3v) is 5.72. The summed E-state index contributed by atoms with van der Waals surface area (Å²) in [4.78, 5) is 0. The van der Waals surface area contributed by atoms with Crippen molar-refractivity contribution in [3.05, 3.63) is 102 Å². The quantitative estimate of drug-likeness (QED) is 0.154. The lowest BCUT2D eigenvalue weighted by Crippen LogP contribution is -1.96. The van der Waals surface area contributed by atoms with Crippen molar-refractivity contribution >= 4 is 21.5 Å². The predicted molar refractivity (Wildman–Crippen MR) is 119 cm³/mol. The molecular weight excluding hydrogens is 435 g/mol. The molecule has 5 rings (SSSR count). The molecule has 164 valence electrons. The molecule has 0 radical (unpaired) electrons. The first-order valence-corrected chi connectivity index (χ1v) is 10.0. The number of hydrogen-bond acceptors (Lipinski definition) is 1. The molecule has 0 aliphatic heterocycles. The van der Waals surface area contributed by atoms with Crippen LogP contribution in [-0.4, -0.2) is 7.11 Å². The summed E-state index contributed by atoms with van der Waals surface area (Å²) in [5.74, 6) is -5.89. The molecule has 0 aromatic heterocycles. The Balaban J connectivity index is 1.98. The van der Waals surface area contributed by atoms with Crippen LogP contribution < -0.4 is 4.74 Å². The van der Waals surface area contributed by atoms with Gasteiger partial charge in [0.15, 0.2) is 29.1 Å². The van der Waals surface area contributed by atoms with Crippen molar-refractivity contribution in [1.82, 2.24) is 0 Å². The molecule has 1 nitrogen and oxygen atoms in total. The van der Waals surface area contributed by atoms with Gasteiger partial charge >= 0.3 is 0 Å². The summed E-state index contributed by atoms with van der Waals surface area (Å²) in [6.45, 7) is 0. The van der Waals surface area contributed by atoms with E-state index in [2.05, 4.69) is 0 Å². The van der Waals surface area contributed by atoms with E-state index in [4.69, 9.17) is 4.74 Å². The third kappa shape index (κ3) is 3.39. The molecule has 0 amide bonds. The minimum Gasteiger partial charge on any atom is -0.497 e. The van der Waals surface area contributed by atoms with Gasteiger partial charge in [-0.2, -0.15) is 0 Å². The van der Waals surface area contributed by atoms with Gasteiger partial charge in [-0.05, 0) is 80.2 Å². The number of methoxy groups -OCH3 is 1. The first-order chi connectivity index (χ1) is 15.9. The second-order valence-corrected chi connectivity index (χ2v) is 7.59. The second kappa shape index (κ2) is 7.89. The van der Waals surface area contributed by atoms with E-state index in [9.17, 15) is 22.0 Å². The van der Waals surface area contributed by atoms with E-state index >= 15 is 0 Å². The molecule has 6 heteroatoms. The monoisotopic (exact) mass is 450 g/mol. The number of ether oxygens (including phenoxy) is 1. The molecule has 0 atom stereocenters. The summed E-state index contributed by atoms with van der Waals surface area (Å²) in [5.41, 5.74) is 1.62. The Kier molecular flexibility index (Phi) is 5.01. The SMILES string of the molecule is COc1ccc(-c2c3ccccc3c(-c3cc(F)c(F)c(F)c3)c3cc(F)c(F)cc23)cc1. The van der Waals surface area contributed by atoms with E-state index in [0.717, 1.165) is 24.3 Å². The molecule has 0 unspecified atom stereocenters. The maximum Gasteiger partial charge on any atom is 0.194 e. The van der Waals surface area contributed by atoms with E-state index in [1.54, 1.807) is 48.5 Å². The fourth-order valence-corrected chi connectivity index (χ4v) is 4.25. The van der Waals surface area contributed by atoms with Crippen LogP contribution in [-0.2, 0) is 0 Å². The van der Waals surface area contributed by atoms with Crippen molar-refractivity contribution in [1.29, 1.82) is 0 Å². The first kappa shape index (κ1) is 20.9. The van der Waals surface area contributed by atoms with Gasteiger partial charge in [0.2, 0.25) is 0 Å². The van der Waals surface area contributed by atoms with Crippen molar-refractivity contribution < 1.29 is 26.7 Å². The summed E-state index contributed by atoms with van der Waals surface area (Å²) in [7, 11) is 1.54. The smallest absolute Gasteiger partial charge is 0.194 e.